The molecule has 1 unspecified atom stereocenters. The van der Waals surface area contributed by atoms with Crippen LogP contribution >= 0.6 is 0 Å². The van der Waals surface area contributed by atoms with Crippen LogP contribution in [0.5, 0.6) is 0 Å². The Bertz CT molecular complexity index is 477. The summed E-state index contributed by atoms with van der Waals surface area (Å²) in [5.74, 6) is -0.408. The zero-order valence-electron chi connectivity index (χ0n) is 10.0. The van der Waals surface area contributed by atoms with E-state index < -0.39 is 0 Å². The minimum atomic E-state index is -0.237. The molecule has 0 saturated carbocycles. The summed E-state index contributed by atoms with van der Waals surface area (Å²) in [5.41, 5.74) is 3.43. The summed E-state index contributed by atoms with van der Waals surface area (Å²) in [7, 11) is 0. The largest absolute Gasteiger partial charge is 0.369 e. The van der Waals surface area contributed by atoms with Gasteiger partial charge in [-0.25, -0.2) is 4.39 Å². The molecule has 1 amide bonds. The molecule has 1 N–H and O–H groups in total. The van der Waals surface area contributed by atoms with Crippen LogP contribution < -0.4 is 10.2 Å². The summed E-state index contributed by atoms with van der Waals surface area (Å²) < 4.78 is 12.8. The number of hydrogen-bond acceptors (Lipinski definition) is 2. The van der Waals surface area contributed by atoms with E-state index in [1.54, 1.807) is 12.1 Å². The lowest BCUT2D eigenvalue weighted by Gasteiger charge is -2.18. The highest BCUT2D eigenvalue weighted by molar-refractivity contribution is 5.87. The fourth-order valence-electron chi connectivity index (χ4n) is 2.10. The van der Waals surface area contributed by atoms with E-state index in [-0.39, 0.29) is 17.8 Å². The number of hydrogen-bond donors (Lipinski definition) is 1. The number of rotatable bonds is 3. The second-order valence-electron chi connectivity index (χ2n) is 4.27. The number of anilines is 1. The quantitative estimate of drug-likeness (QED) is 0.652. The number of benzene rings is 1. The van der Waals surface area contributed by atoms with E-state index in [4.69, 9.17) is 0 Å². The van der Waals surface area contributed by atoms with E-state index in [1.165, 1.54) is 18.2 Å². The third-order valence-electron chi connectivity index (χ3n) is 2.96. The van der Waals surface area contributed by atoms with Crippen LogP contribution in [0.4, 0.5) is 10.1 Å². The maximum atomic E-state index is 12.8. The predicted octanol–water partition coefficient (Wildman–Crippen LogP) is 1.86. The predicted molar refractivity (Wildman–Crippen MR) is 68.9 cm³/mol. The Balaban J connectivity index is 1.94. The van der Waals surface area contributed by atoms with Crippen LogP contribution in [0.3, 0.4) is 0 Å². The fraction of sp³-hybridized carbons (Fsp3) is 0.286. The van der Waals surface area contributed by atoms with Crippen molar-refractivity contribution in [2.75, 3.05) is 18.0 Å². The first-order chi connectivity index (χ1) is 8.69. The van der Waals surface area contributed by atoms with Crippen molar-refractivity contribution < 1.29 is 9.18 Å². The van der Waals surface area contributed by atoms with Gasteiger partial charge in [0.1, 0.15) is 5.82 Å². The summed E-state index contributed by atoms with van der Waals surface area (Å²) >= 11 is 0. The Morgan fingerprint density at radius 1 is 1.50 bits per heavy atom. The average molecular weight is 246 g/mol. The summed E-state index contributed by atoms with van der Waals surface area (Å²) in [6.45, 7) is 4.95. The van der Waals surface area contributed by atoms with E-state index in [9.17, 15) is 9.18 Å². The zero-order valence-corrected chi connectivity index (χ0v) is 10.0. The Morgan fingerprint density at radius 2 is 2.22 bits per heavy atom. The van der Waals surface area contributed by atoms with E-state index in [0.29, 0.717) is 0 Å². The molecule has 18 heavy (non-hydrogen) atoms. The first-order valence-electron chi connectivity index (χ1n) is 5.86. The molecule has 1 saturated heterocycles. The van der Waals surface area contributed by atoms with Crippen LogP contribution in [0.1, 0.15) is 6.42 Å². The molecule has 0 aromatic heterocycles. The van der Waals surface area contributed by atoms with E-state index in [0.717, 1.165) is 25.2 Å². The third-order valence-corrected chi connectivity index (χ3v) is 2.96. The summed E-state index contributed by atoms with van der Waals surface area (Å²) in [6, 6.07) is 6.52. The molecule has 1 aliphatic heterocycles. The van der Waals surface area contributed by atoms with Gasteiger partial charge < -0.3 is 10.2 Å². The molecule has 4 heteroatoms. The SMILES string of the molecule is C=C=CC(=O)NC1CCN(c2ccc(F)cc2)C1. The second-order valence-corrected chi connectivity index (χ2v) is 4.27. The Kier molecular flexibility index (Phi) is 3.80. The fourth-order valence-corrected chi connectivity index (χ4v) is 2.10. The van der Waals surface area contributed by atoms with Crippen LogP contribution in [0.2, 0.25) is 0 Å². The molecule has 2 rings (SSSR count). The number of amides is 1. The highest BCUT2D eigenvalue weighted by Gasteiger charge is 2.23. The van der Waals surface area contributed by atoms with E-state index >= 15 is 0 Å². The van der Waals surface area contributed by atoms with Crippen LogP contribution in [0, 0.1) is 5.82 Å². The normalized spacial score (nSPS) is 18.3. The van der Waals surface area contributed by atoms with Gasteiger partial charge in [0.15, 0.2) is 0 Å². The third kappa shape index (κ3) is 2.99. The standard InChI is InChI=1S/C14H15FN2O/c1-2-3-14(18)16-12-8-9-17(10-12)13-6-4-11(15)5-7-13/h3-7,12H,1,8-10H2,(H,16,18). The van der Waals surface area contributed by atoms with Gasteiger partial charge in [0.05, 0.1) is 0 Å². The van der Waals surface area contributed by atoms with Crippen molar-refractivity contribution in [3.63, 3.8) is 0 Å². The van der Waals surface area contributed by atoms with Gasteiger partial charge in [-0.1, -0.05) is 6.58 Å². The lowest BCUT2D eigenvalue weighted by atomic mass is 10.2. The van der Waals surface area contributed by atoms with Crippen molar-refractivity contribution in [2.24, 2.45) is 0 Å². The molecule has 0 spiro atoms. The molecular weight excluding hydrogens is 231 g/mol. The molecular formula is C14H15FN2O. The molecule has 1 atom stereocenters. The summed E-state index contributed by atoms with van der Waals surface area (Å²) in [4.78, 5) is 13.5. The zero-order chi connectivity index (χ0) is 13.0. The lowest BCUT2D eigenvalue weighted by molar-refractivity contribution is -0.117. The topological polar surface area (TPSA) is 32.3 Å². The van der Waals surface area contributed by atoms with Crippen LogP contribution in [0.15, 0.2) is 42.7 Å². The average Bonchev–Trinajstić information content (AvgIpc) is 2.78. The molecule has 0 aliphatic carbocycles. The van der Waals surface area contributed by atoms with Crippen molar-refractivity contribution >= 4 is 11.6 Å². The van der Waals surface area contributed by atoms with Gasteiger partial charge in [-0.15, -0.1) is 5.73 Å². The number of carbonyl (C=O) groups excluding carboxylic acids is 1. The van der Waals surface area contributed by atoms with Gasteiger partial charge in [-0.3, -0.25) is 4.79 Å². The number of halogens is 1. The maximum Gasteiger partial charge on any atom is 0.252 e. The number of nitrogens with one attached hydrogen (secondary N) is 1. The summed E-state index contributed by atoms with van der Waals surface area (Å²) in [5, 5.41) is 2.88. The summed E-state index contributed by atoms with van der Waals surface area (Å²) in [6.07, 6.45) is 2.18. The van der Waals surface area contributed by atoms with E-state index in [2.05, 4.69) is 22.5 Å². The van der Waals surface area contributed by atoms with Crippen LogP contribution in [0.25, 0.3) is 0 Å². The Labute approximate surface area is 106 Å². The van der Waals surface area contributed by atoms with Crippen LogP contribution in [-0.2, 0) is 4.79 Å². The molecule has 1 aromatic carbocycles. The van der Waals surface area contributed by atoms with Gasteiger partial charge in [0.2, 0.25) is 0 Å². The highest BCUT2D eigenvalue weighted by Crippen LogP contribution is 2.20. The maximum absolute atomic E-state index is 12.8. The lowest BCUT2D eigenvalue weighted by Crippen LogP contribution is -2.36. The van der Waals surface area contributed by atoms with Crippen molar-refractivity contribution in [1.29, 1.82) is 0 Å². The van der Waals surface area contributed by atoms with Crippen molar-refractivity contribution in [1.82, 2.24) is 5.32 Å². The van der Waals surface area contributed by atoms with Gasteiger partial charge in [-0.2, -0.15) is 0 Å². The monoisotopic (exact) mass is 246 g/mol. The number of nitrogens with zero attached hydrogens (tertiary/aromatic N) is 1. The van der Waals surface area contributed by atoms with Crippen molar-refractivity contribution in [3.8, 4) is 0 Å². The first kappa shape index (κ1) is 12.4. The molecule has 94 valence electrons. The minimum absolute atomic E-state index is 0.118. The van der Waals surface area contributed by atoms with Gasteiger partial charge >= 0.3 is 0 Å². The first-order valence-corrected chi connectivity index (χ1v) is 5.86. The molecule has 0 bridgehead atoms. The molecule has 0 radical (unpaired) electrons. The van der Waals surface area contributed by atoms with Gasteiger partial charge in [0.25, 0.3) is 5.91 Å². The number of carbonyl (C=O) groups is 1. The van der Waals surface area contributed by atoms with Gasteiger partial charge in [0, 0.05) is 30.9 Å². The van der Waals surface area contributed by atoms with Gasteiger partial charge in [-0.05, 0) is 30.7 Å². The highest BCUT2D eigenvalue weighted by atomic mass is 19.1. The minimum Gasteiger partial charge on any atom is -0.369 e. The molecule has 1 heterocycles. The second kappa shape index (κ2) is 5.52. The molecule has 3 nitrogen and oxygen atoms in total. The van der Waals surface area contributed by atoms with Crippen LogP contribution in [-0.4, -0.2) is 25.0 Å². The van der Waals surface area contributed by atoms with E-state index in [1.807, 2.05) is 0 Å². The van der Waals surface area contributed by atoms with Crippen molar-refractivity contribution in [3.05, 3.63) is 48.5 Å². The molecule has 1 aliphatic rings. The smallest absolute Gasteiger partial charge is 0.252 e. The Hall–Kier alpha value is -2.06. The molecule has 1 aromatic rings. The Morgan fingerprint density at radius 3 is 2.89 bits per heavy atom. The van der Waals surface area contributed by atoms with Crippen molar-refractivity contribution in [2.45, 2.75) is 12.5 Å². The molecule has 1 fully saturated rings.